The van der Waals surface area contributed by atoms with Gasteiger partial charge >= 0.3 is 0 Å². The molecule has 0 radical (unpaired) electrons. The predicted molar refractivity (Wildman–Crippen MR) is 144 cm³/mol. The first-order valence-electron chi connectivity index (χ1n) is 12.1. The standard InChI is InChI=1S/C29H28BrN3O2/c1-20-10-12-21(13-11-20)19-35-25-9-5-6-22(16-25)18-31-33-28(23-7-3-2-4-8-23)32-27-15-14-24(30)17-26(27)29(33)34/h5-6,9-18,23H,2-4,7-8,19H2,1H3. The average Bonchev–Trinajstić information content (AvgIpc) is 2.89. The molecule has 0 unspecified atom stereocenters. The summed E-state index contributed by atoms with van der Waals surface area (Å²) in [7, 11) is 0. The summed E-state index contributed by atoms with van der Waals surface area (Å²) in [4.78, 5) is 18.4. The van der Waals surface area contributed by atoms with Crippen LogP contribution < -0.4 is 10.3 Å². The molecule has 178 valence electrons. The Morgan fingerprint density at radius 3 is 2.66 bits per heavy atom. The molecule has 1 heterocycles. The van der Waals surface area contributed by atoms with Crippen LogP contribution in [0.25, 0.3) is 10.9 Å². The molecule has 1 aliphatic rings. The molecule has 6 heteroatoms. The van der Waals surface area contributed by atoms with Crippen LogP contribution in [0.1, 0.15) is 60.5 Å². The highest BCUT2D eigenvalue weighted by Gasteiger charge is 2.22. The van der Waals surface area contributed by atoms with Gasteiger partial charge in [0.25, 0.3) is 5.56 Å². The van der Waals surface area contributed by atoms with Gasteiger partial charge in [0.2, 0.25) is 0 Å². The Labute approximate surface area is 213 Å². The maximum Gasteiger partial charge on any atom is 0.282 e. The summed E-state index contributed by atoms with van der Waals surface area (Å²) in [6, 6.07) is 21.7. The number of halogens is 1. The maximum atomic E-state index is 13.5. The molecule has 0 atom stereocenters. The molecule has 5 rings (SSSR count). The van der Waals surface area contributed by atoms with Crippen molar-refractivity contribution in [1.82, 2.24) is 9.66 Å². The second-order valence-corrected chi connectivity index (χ2v) is 10.1. The quantitative estimate of drug-likeness (QED) is 0.253. The van der Waals surface area contributed by atoms with Gasteiger partial charge in [0, 0.05) is 10.4 Å². The number of aryl methyl sites for hydroxylation is 1. The molecule has 4 aromatic rings. The van der Waals surface area contributed by atoms with E-state index in [-0.39, 0.29) is 11.5 Å². The molecular weight excluding hydrogens is 502 g/mol. The number of aromatic nitrogens is 2. The largest absolute Gasteiger partial charge is 0.489 e. The molecule has 0 saturated heterocycles. The number of rotatable bonds is 6. The molecule has 0 amide bonds. The van der Waals surface area contributed by atoms with Gasteiger partial charge in [-0.25, -0.2) is 4.98 Å². The molecule has 35 heavy (non-hydrogen) atoms. The minimum absolute atomic E-state index is 0.139. The molecule has 1 fully saturated rings. The lowest BCUT2D eigenvalue weighted by Crippen LogP contribution is -2.25. The summed E-state index contributed by atoms with van der Waals surface area (Å²) in [6.07, 6.45) is 7.34. The SMILES string of the molecule is Cc1ccc(COc2cccc(C=Nn3c(C4CCCCC4)nc4ccc(Br)cc4c3=O)c2)cc1. The fraction of sp³-hybridized carbons (Fsp3) is 0.276. The van der Waals surface area contributed by atoms with Crippen LogP contribution in [0.2, 0.25) is 0 Å². The zero-order chi connectivity index (χ0) is 24.2. The zero-order valence-electron chi connectivity index (χ0n) is 19.8. The topological polar surface area (TPSA) is 56.5 Å². The van der Waals surface area contributed by atoms with Crippen LogP contribution in [0.5, 0.6) is 5.75 Å². The van der Waals surface area contributed by atoms with E-state index in [1.807, 2.05) is 42.5 Å². The van der Waals surface area contributed by atoms with Crippen LogP contribution in [0.15, 0.2) is 81.1 Å². The minimum atomic E-state index is -0.139. The second kappa shape index (κ2) is 10.6. The average molecular weight is 530 g/mol. The van der Waals surface area contributed by atoms with Gasteiger partial charge in [0.05, 0.1) is 17.1 Å². The summed E-state index contributed by atoms with van der Waals surface area (Å²) >= 11 is 3.48. The van der Waals surface area contributed by atoms with E-state index in [1.54, 1.807) is 6.21 Å². The van der Waals surface area contributed by atoms with Gasteiger partial charge in [0.15, 0.2) is 0 Å². The highest BCUT2D eigenvalue weighted by molar-refractivity contribution is 9.10. The fourth-order valence-corrected chi connectivity index (χ4v) is 4.92. The number of hydrogen-bond acceptors (Lipinski definition) is 4. The zero-order valence-corrected chi connectivity index (χ0v) is 21.4. The molecule has 1 aromatic heterocycles. The number of benzene rings is 3. The van der Waals surface area contributed by atoms with E-state index < -0.39 is 0 Å². The van der Waals surface area contributed by atoms with Gasteiger partial charge in [-0.2, -0.15) is 9.78 Å². The maximum absolute atomic E-state index is 13.5. The van der Waals surface area contributed by atoms with E-state index in [2.05, 4.69) is 52.2 Å². The van der Waals surface area contributed by atoms with Crippen molar-refractivity contribution in [3.63, 3.8) is 0 Å². The lowest BCUT2D eigenvalue weighted by molar-refractivity contribution is 0.306. The van der Waals surface area contributed by atoms with Crippen LogP contribution in [-0.2, 0) is 6.61 Å². The third kappa shape index (κ3) is 5.54. The Hall–Kier alpha value is -3.25. The Morgan fingerprint density at radius 1 is 1.06 bits per heavy atom. The number of ether oxygens (including phenoxy) is 1. The van der Waals surface area contributed by atoms with Gasteiger partial charge in [-0.15, -0.1) is 0 Å². The van der Waals surface area contributed by atoms with Crippen LogP contribution in [0.3, 0.4) is 0 Å². The summed E-state index contributed by atoms with van der Waals surface area (Å²) in [5, 5.41) is 5.21. The van der Waals surface area contributed by atoms with E-state index in [1.165, 1.54) is 16.7 Å². The van der Waals surface area contributed by atoms with Gasteiger partial charge in [-0.3, -0.25) is 4.79 Å². The molecule has 0 spiro atoms. The third-order valence-electron chi connectivity index (χ3n) is 6.51. The number of nitrogens with zero attached hydrogens (tertiary/aromatic N) is 3. The van der Waals surface area contributed by atoms with Crippen LogP contribution in [0.4, 0.5) is 0 Å². The molecule has 0 aliphatic heterocycles. The van der Waals surface area contributed by atoms with Crippen molar-refractivity contribution in [1.29, 1.82) is 0 Å². The van der Waals surface area contributed by atoms with Crippen molar-refractivity contribution >= 4 is 33.0 Å². The molecule has 1 saturated carbocycles. The molecule has 0 N–H and O–H groups in total. The first-order valence-corrected chi connectivity index (χ1v) is 12.9. The number of fused-ring (bicyclic) bond motifs is 1. The smallest absolute Gasteiger partial charge is 0.282 e. The predicted octanol–water partition coefficient (Wildman–Crippen LogP) is 6.98. The highest BCUT2D eigenvalue weighted by Crippen LogP contribution is 2.32. The van der Waals surface area contributed by atoms with Crippen molar-refractivity contribution < 1.29 is 4.74 Å². The first-order chi connectivity index (χ1) is 17.1. The lowest BCUT2D eigenvalue weighted by Gasteiger charge is -2.22. The second-order valence-electron chi connectivity index (χ2n) is 9.17. The Kier molecular flexibility index (Phi) is 7.09. The molecule has 3 aromatic carbocycles. The summed E-state index contributed by atoms with van der Waals surface area (Å²) in [5.41, 5.74) is 3.79. The van der Waals surface area contributed by atoms with Crippen LogP contribution in [-0.4, -0.2) is 15.9 Å². The van der Waals surface area contributed by atoms with E-state index in [4.69, 9.17) is 9.72 Å². The monoisotopic (exact) mass is 529 g/mol. The Morgan fingerprint density at radius 2 is 1.86 bits per heavy atom. The van der Waals surface area contributed by atoms with Crippen LogP contribution in [0, 0.1) is 6.92 Å². The lowest BCUT2D eigenvalue weighted by atomic mass is 9.88. The minimum Gasteiger partial charge on any atom is -0.489 e. The van der Waals surface area contributed by atoms with Crippen molar-refractivity contribution in [2.75, 3.05) is 0 Å². The van der Waals surface area contributed by atoms with Gasteiger partial charge < -0.3 is 4.74 Å². The third-order valence-corrected chi connectivity index (χ3v) is 7.00. The van der Waals surface area contributed by atoms with Crippen molar-refractivity contribution in [3.05, 3.63) is 104 Å². The Balaban J connectivity index is 1.45. The summed E-state index contributed by atoms with van der Waals surface area (Å²) in [6.45, 7) is 2.57. The van der Waals surface area contributed by atoms with Gasteiger partial charge in [-0.1, -0.05) is 77.2 Å². The van der Waals surface area contributed by atoms with Gasteiger partial charge in [0.1, 0.15) is 18.2 Å². The van der Waals surface area contributed by atoms with Crippen molar-refractivity contribution in [2.45, 2.75) is 51.6 Å². The molecule has 1 aliphatic carbocycles. The van der Waals surface area contributed by atoms with Crippen molar-refractivity contribution in [2.24, 2.45) is 5.10 Å². The summed E-state index contributed by atoms with van der Waals surface area (Å²) in [5.74, 6) is 1.76. The summed E-state index contributed by atoms with van der Waals surface area (Å²) < 4.78 is 8.35. The first kappa shape index (κ1) is 23.5. The highest BCUT2D eigenvalue weighted by atomic mass is 79.9. The van der Waals surface area contributed by atoms with Crippen molar-refractivity contribution in [3.8, 4) is 5.75 Å². The Bertz CT molecular complexity index is 1420. The molecule has 5 nitrogen and oxygen atoms in total. The normalized spacial score (nSPS) is 14.6. The number of hydrogen-bond donors (Lipinski definition) is 0. The molecular formula is C29H28BrN3O2. The van der Waals surface area contributed by atoms with Gasteiger partial charge in [-0.05, 0) is 61.2 Å². The van der Waals surface area contributed by atoms with Crippen LogP contribution >= 0.6 is 15.9 Å². The van der Waals surface area contributed by atoms with E-state index in [9.17, 15) is 4.79 Å². The van der Waals surface area contributed by atoms with E-state index in [0.29, 0.717) is 12.0 Å². The fourth-order valence-electron chi connectivity index (χ4n) is 4.56. The molecule has 0 bridgehead atoms. The van der Waals surface area contributed by atoms with E-state index >= 15 is 0 Å². The van der Waals surface area contributed by atoms with E-state index in [0.717, 1.165) is 58.4 Å².